The van der Waals surface area contributed by atoms with Crippen LogP contribution in [0, 0.1) is 0 Å². The first-order chi connectivity index (χ1) is 11.3. The van der Waals surface area contributed by atoms with Gasteiger partial charge < -0.3 is 14.5 Å². The van der Waals surface area contributed by atoms with Gasteiger partial charge in [0, 0.05) is 38.3 Å². The molecule has 7 heteroatoms. The predicted molar refractivity (Wildman–Crippen MR) is 93.7 cm³/mol. The van der Waals surface area contributed by atoms with E-state index in [1.165, 1.54) is 0 Å². The largest absolute Gasteiger partial charge is 0.444 e. The van der Waals surface area contributed by atoms with E-state index in [1.54, 1.807) is 11.1 Å². The van der Waals surface area contributed by atoms with Crippen LogP contribution in [0.15, 0.2) is 18.3 Å². The molecule has 1 aromatic rings. The zero-order chi connectivity index (χ0) is 17.7. The Morgan fingerprint density at radius 1 is 1.21 bits per heavy atom. The second kappa shape index (κ2) is 7.83. The molecule has 1 saturated heterocycles. The van der Waals surface area contributed by atoms with E-state index >= 15 is 0 Å². The number of hydrogen-bond acceptors (Lipinski definition) is 5. The van der Waals surface area contributed by atoms with Crippen molar-refractivity contribution in [3.8, 4) is 0 Å². The Hall–Kier alpha value is -1.82. The van der Waals surface area contributed by atoms with Crippen LogP contribution in [0.25, 0.3) is 0 Å². The molecule has 0 saturated carbocycles. The summed E-state index contributed by atoms with van der Waals surface area (Å²) in [6, 6.07) is 3.80. The van der Waals surface area contributed by atoms with Crippen molar-refractivity contribution in [2.75, 3.05) is 37.0 Å². The second-order valence-corrected chi connectivity index (χ2v) is 7.08. The summed E-state index contributed by atoms with van der Waals surface area (Å²) in [6.45, 7) is 8.26. The smallest absolute Gasteiger partial charge is 0.410 e. The maximum absolute atomic E-state index is 12.1. The van der Waals surface area contributed by atoms with E-state index in [1.807, 2.05) is 32.9 Å². The normalized spacial score (nSPS) is 15.3. The summed E-state index contributed by atoms with van der Waals surface area (Å²) in [5.74, 6) is -0.0290. The molecule has 1 aliphatic heterocycles. The van der Waals surface area contributed by atoms with Gasteiger partial charge in [0.2, 0.25) is 0 Å². The molecule has 132 valence electrons. The molecule has 0 bridgehead atoms. The summed E-state index contributed by atoms with van der Waals surface area (Å²) in [6.07, 6.45) is 1.76. The first-order valence-electron chi connectivity index (χ1n) is 8.04. The average molecular weight is 354 g/mol. The lowest BCUT2D eigenvalue weighted by molar-refractivity contribution is -0.116. The quantitative estimate of drug-likeness (QED) is 0.778. The lowest BCUT2D eigenvalue weighted by Crippen LogP contribution is -2.50. The minimum Gasteiger partial charge on any atom is -0.444 e. The van der Waals surface area contributed by atoms with Crippen LogP contribution in [0.4, 0.5) is 10.5 Å². The van der Waals surface area contributed by atoms with Gasteiger partial charge in [-0.3, -0.25) is 9.78 Å². The summed E-state index contributed by atoms with van der Waals surface area (Å²) in [7, 11) is 0. The third-order valence-electron chi connectivity index (χ3n) is 3.63. The highest BCUT2D eigenvalue weighted by molar-refractivity contribution is 6.27. The number of aromatic nitrogens is 1. The number of nitrogens with zero attached hydrogens (tertiary/aromatic N) is 3. The van der Waals surface area contributed by atoms with E-state index in [0.717, 1.165) is 24.5 Å². The van der Waals surface area contributed by atoms with Gasteiger partial charge in [-0.1, -0.05) is 0 Å². The Morgan fingerprint density at radius 3 is 2.38 bits per heavy atom. The molecular weight excluding hydrogens is 330 g/mol. The summed E-state index contributed by atoms with van der Waals surface area (Å²) < 4.78 is 5.39. The molecule has 0 unspecified atom stereocenters. The zero-order valence-electron chi connectivity index (χ0n) is 14.4. The highest BCUT2D eigenvalue weighted by atomic mass is 35.5. The first kappa shape index (κ1) is 18.5. The Labute approximate surface area is 147 Å². The number of ketones is 1. The fraction of sp³-hybridized carbons (Fsp3) is 0.588. The topological polar surface area (TPSA) is 62.7 Å². The van der Waals surface area contributed by atoms with Crippen LogP contribution in [0.2, 0.25) is 0 Å². The molecule has 2 heterocycles. The number of alkyl halides is 1. The van der Waals surface area contributed by atoms with Gasteiger partial charge in [0.25, 0.3) is 0 Å². The number of Topliss-reactive ketones (excluding diaryl/α,β-unsaturated/α-hetero) is 1. The molecule has 24 heavy (non-hydrogen) atoms. The van der Waals surface area contributed by atoms with Gasteiger partial charge in [0.1, 0.15) is 5.60 Å². The highest BCUT2D eigenvalue weighted by Gasteiger charge is 2.26. The van der Waals surface area contributed by atoms with E-state index in [2.05, 4.69) is 9.88 Å². The fourth-order valence-electron chi connectivity index (χ4n) is 2.43. The predicted octanol–water partition coefficient (Wildman–Crippen LogP) is 2.49. The van der Waals surface area contributed by atoms with Crippen molar-refractivity contribution in [3.63, 3.8) is 0 Å². The standard InChI is InChI=1S/C17H24ClN3O3/c1-17(2,3)24-16(23)21-8-6-20(7-9-21)14-5-4-13(19-12-14)10-15(22)11-18/h4-5,12H,6-11H2,1-3H3. The van der Waals surface area contributed by atoms with E-state index in [4.69, 9.17) is 16.3 Å². The SMILES string of the molecule is CC(C)(C)OC(=O)N1CCN(c2ccc(CC(=O)CCl)nc2)CC1. The molecule has 2 rings (SSSR count). The summed E-state index contributed by atoms with van der Waals surface area (Å²) in [4.78, 5) is 31.6. The molecule has 1 aliphatic rings. The molecule has 0 radical (unpaired) electrons. The number of pyridine rings is 1. The molecule has 6 nitrogen and oxygen atoms in total. The fourth-order valence-corrected chi connectivity index (χ4v) is 2.53. The van der Waals surface area contributed by atoms with Gasteiger partial charge in [-0.25, -0.2) is 4.79 Å². The lowest BCUT2D eigenvalue weighted by Gasteiger charge is -2.36. The van der Waals surface area contributed by atoms with Gasteiger partial charge >= 0.3 is 6.09 Å². The van der Waals surface area contributed by atoms with Gasteiger partial charge in [0.15, 0.2) is 5.78 Å². The summed E-state index contributed by atoms with van der Waals surface area (Å²) in [5, 5.41) is 0. The molecule has 0 N–H and O–H groups in total. The van der Waals surface area contributed by atoms with Crippen molar-refractivity contribution >= 4 is 29.2 Å². The number of ether oxygens (including phenoxy) is 1. The number of rotatable bonds is 4. The highest BCUT2D eigenvalue weighted by Crippen LogP contribution is 2.17. The van der Waals surface area contributed by atoms with Crippen LogP contribution in [-0.2, 0) is 16.0 Å². The number of carbonyl (C=O) groups is 2. The maximum Gasteiger partial charge on any atom is 0.410 e. The van der Waals surface area contributed by atoms with Crippen molar-refractivity contribution in [2.45, 2.75) is 32.8 Å². The molecule has 1 fully saturated rings. The second-order valence-electron chi connectivity index (χ2n) is 6.81. The number of hydrogen-bond donors (Lipinski definition) is 0. The van der Waals surface area contributed by atoms with Crippen LogP contribution in [-0.4, -0.2) is 59.4 Å². The zero-order valence-corrected chi connectivity index (χ0v) is 15.2. The lowest BCUT2D eigenvalue weighted by atomic mass is 10.2. The molecule has 0 spiro atoms. The van der Waals surface area contributed by atoms with E-state index in [-0.39, 0.29) is 24.2 Å². The molecule has 0 atom stereocenters. The maximum atomic E-state index is 12.1. The molecule has 0 aromatic carbocycles. The Bertz CT molecular complexity index is 576. The van der Waals surface area contributed by atoms with Gasteiger partial charge in [0.05, 0.1) is 17.8 Å². The van der Waals surface area contributed by atoms with Crippen LogP contribution in [0.5, 0.6) is 0 Å². The monoisotopic (exact) mass is 353 g/mol. The Kier molecular flexibility index (Phi) is 6.04. The van der Waals surface area contributed by atoms with Crippen molar-refractivity contribution in [1.82, 2.24) is 9.88 Å². The first-order valence-corrected chi connectivity index (χ1v) is 8.57. The van der Waals surface area contributed by atoms with E-state index in [9.17, 15) is 9.59 Å². The summed E-state index contributed by atoms with van der Waals surface area (Å²) >= 11 is 5.51. The molecule has 1 aromatic heterocycles. The average Bonchev–Trinajstić information content (AvgIpc) is 2.54. The van der Waals surface area contributed by atoms with Crippen LogP contribution in [0.1, 0.15) is 26.5 Å². The van der Waals surface area contributed by atoms with Crippen molar-refractivity contribution < 1.29 is 14.3 Å². The van der Waals surface area contributed by atoms with Crippen LogP contribution >= 0.6 is 11.6 Å². The van der Waals surface area contributed by atoms with Crippen LogP contribution in [0.3, 0.4) is 0 Å². The Balaban J connectivity index is 1.88. The summed E-state index contributed by atoms with van der Waals surface area (Å²) in [5.41, 5.74) is 1.23. The number of carbonyl (C=O) groups excluding carboxylic acids is 2. The number of piperazine rings is 1. The number of anilines is 1. The third-order valence-corrected chi connectivity index (χ3v) is 3.93. The molecular formula is C17H24ClN3O3. The Morgan fingerprint density at radius 2 is 1.88 bits per heavy atom. The van der Waals surface area contributed by atoms with Crippen molar-refractivity contribution in [1.29, 1.82) is 0 Å². The van der Waals surface area contributed by atoms with E-state index < -0.39 is 5.60 Å². The number of amides is 1. The number of halogens is 1. The van der Waals surface area contributed by atoms with Gasteiger partial charge in [-0.05, 0) is 32.9 Å². The van der Waals surface area contributed by atoms with Gasteiger partial charge in [-0.2, -0.15) is 0 Å². The van der Waals surface area contributed by atoms with E-state index in [0.29, 0.717) is 13.1 Å². The third kappa shape index (κ3) is 5.37. The van der Waals surface area contributed by atoms with Crippen LogP contribution < -0.4 is 4.90 Å². The minimum absolute atomic E-state index is 0.00998. The molecule has 0 aliphatic carbocycles. The molecule has 1 amide bonds. The van der Waals surface area contributed by atoms with Crippen molar-refractivity contribution in [2.24, 2.45) is 0 Å². The van der Waals surface area contributed by atoms with Crippen molar-refractivity contribution in [3.05, 3.63) is 24.0 Å². The van der Waals surface area contributed by atoms with Gasteiger partial charge in [-0.15, -0.1) is 11.6 Å². The minimum atomic E-state index is -0.478.